The van der Waals surface area contributed by atoms with Gasteiger partial charge in [0.15, 0.2) is 0 Å². The minimum Gasteiger partial charge on any atom is -0.469 e. The van der Waals surface area contributed by atoms with Crippen LogP contribution in [-0.4, -0.2) is 18.2 Å². The van der Waals surface area contributed by atoms with Crippen LogP contribution in [0.1, 0.15) is 24.2 Å². The first kappa shape index (κ1) is 9.24. The van der Waals surface area contributed by atoms with Crippen molar-refractivity contribution < 1.29 is 14.1 Å². The van der Waals surface area contributed by atoms with Crippen molar-refractivity contribution in [3.8, 4) is 0 Å². The average Bonchev–Trinajstić information content (AvgIpc) is 2.54. The van der Waals surface area contributed by atoms with Crippen LogP contribution in [-0.2, 0) is 22.4 Å². The normalized spacial score (nSPS) is 21.1. The molecule has 0 spiro atoms. The molecule has 0 aliphatic heterocycles. The summed E-state index contributed by atoms with van der Waals surface area (Å²) in [4.78, 5) is 11.4. The standard InChI is InChI=1S/C10H13NO3/c1-13-10(12)7-3-2-4-8-6-11-14-9(8)5-7/h6-7H,2-5H2,1H3/t7-/m0/s1. The molecule has 0 saturated heterocycles. The van der Waals surface area contributed by atoms with Gasteiger partial charge in [-0.3, -0.25) is 4.79 Å². The van der Waals surface area contributed by atoms with E-state index in [4.69, 9.17) is 9.26 Å². The van der Waals surface area contributed by atoms with E-state index in [1.54, 1.807) is 6.20 Å². The third kappa shape index (κ3) is 1.64. The first-order valence-electron chi connectivity index (χ1n) is 4.81. The van der Waals surface area contributed by atoms with E-state index in [1.807, 2.05) is 0 Å². The molecule has 1 aliphatic rings. The number of carbonyl (C=O) groups excluding carboxylic acids is 1. The molecule has 0 saturated carbocycles. The van der Waals surface area contributed by atoms with Gasteiger partial charge in [-0.2, -0.15) is 0 Å². The van der Waals surface area contributed by atoms with Crippen molar-refractivity contribution in [2.45, 2.75) is 25.7 Å². The van der Waals surface area contributed by atoms with Gasteiger partial charge in [0, 0.05) is 12.0 Å². The van der Waals surface area contributed by atoms with Gasteiger partial charge in [0.25, 0.3) is 0 Å². The molecular formula is C10H13NO3. The molecule has 0 fully saturated rings. The lowest BCUT2D eigenvalue weighted by molar-refractivity contribution is -0.145. The monoisotopic (exact) mass is 195 g/mol. The van der Waals surface area contributed by atoms with E-state index in [0.29, 0.717) is 6.42 Å². The molecule has 0 N–H and O–H groups in total. The largest absolute Gasteiger partial charge is 0.469 e. The molecule has 2 rings (SSSR count). The van der Waals surface area contributed by atoms with Gasteiger partial charge in [-0.25, -0.2) is 0 Å². The van der Waals surface area contributed by atoms with Gasteiger partial charge in [0.1, 0.15) is 5.76 Å². The molecule has 0 radical (unpaired) electrons. The zero-order valence-corrected chi connectivity index (χ0v) is 8.16. The summed E-state index contributed by atoms with van der Waals surface area (Å²) in [5.41, 5.74) is 1.14. The highest BCUT2D eigenvalue weighted by Crippen LogP contribution is 2.24. The fourth-order valence-corrected chi connectivity index (χ4v) is 1.89. The Bertz CT molecular complexity index is 332. The number of nitrogens with zero attached hydrogens (tertiary/aromatic N) is 1. The second kappa shape index (κ2) is 3.82. The number of hydrogen-bond donors (Lipinski definition) is 0. The maximum absolute atomic E-state index is 11.4. The van der Waals surface area contributed by atoms with Crippen LogP contribution >= 0.6 is 0 Å². The number of carbonyl (C=O) groups is 1. The summed E-state index contributed by atoms with van der Waals surface area (Å²) >= 11 is 0. The Morgan fingerprint density at radius 2 is 2.57 bits per heavy atom. The Kier molecular flexibility index (Phi) is 2.52. The molecule has 1 atom stereocenters. The summed E-state index contributed by atoms with van der Waals surface area (Å²) in [6.45, 7) is 0. The zero-order chi connectivity index (χ0) is 9.97. The SMILES string of the molecule is COC(=O)[C@H]1CCCc2cnoc2C1. The van der Waals surface area contributed by atoms with E-state index in [-0.39, 0.29) is 11.9 Å². The number of esters is 1. The highest BCUT2D eigenvalue weighted by Gasteiger charge is 2.25. The lowest BCUT2D eigenvalue weighted by Gasteiger charge is -2.09. The summed E-state index contributed by atoms with van der Waals surface area (Å²) in [5, 5.41) is 3.74. The molecule has 1 aliphatic carbocycles. The molecule has 0 bridgehead atoms. The molecule has 4 nitrogen and oxygen atoms in total. The molecule has 76 valence electrons. The predicted molar refractivity (Wildman–Crippen MR) is 48.7 cm³/mol. The van der Waals surface area contributed by atoms with Crippen LogP contribution in [0, 0.1) is 5.92 Å². The van der Waals surface area contributed by atoms with Gasteiger partial charge in [0.05, 0.1) is 19.2 Å². The van der Waals surface area contributed by atoms with Crippen LogP contribution in [0.5, 0.6) is 0 Å². The van der Waals surface area contributed by atoms with Gasteiger partial charge < -0.3 is 9.26 Å². The van der Waals surface area contributed by atoms with E-state index in [9.17, 15) is 4.79 Å². The van der Waals surface area contributed by atoms with Crippen molar-refractivity contribution >= 4 is 5.97 Å². The number of aromatic nitrogens is 1. The van der Waals surface area contributed by atoms with Crippen molar-refractivity contribution in [3.63, 3.8) is 0 Å². The fourth-order valence-electron chi connectivity index (χ4n) is 1.89. The van der Waals surface area contributed by atoms with Crippen LogP contribution in [0.2, 0.25) is 0 Å². The van der Waals surface area contributed by atoms with Crippen molar-refractivity contribution in [2.75, 3.05) is 7.11 Å². The number of hydrogen-bond acceptors (Lipinski definition) is 4. The quantitative estimate of drug-likeness (QED) is 0.501. The molecule has 1 heterocycles. The third-order valence-corrected chi connectivity index (χ3v) is 2.69. The van der Waals surface area contributed by atoms with Crippen LogP contribution < -0.4 is 0 Å². The molecular weight excluding hydrogens is 182 g/mol. The number of ether oxygens (including phenoxy) is 1. The third-order valence-electron chi connectivity index (χ3n) is 2.69. The molecule has 0 amide bonds. The van der Waals surface area contributed by atoms with Gasteiger partial charge >= 0.3 is 5.97 Å². The first-order chi connectivity index (χ1) is 6.81. The predicted octanol–water partition coefficient (Wildman–Crippen LogP) is 1.34. The van der Waals surface area contributed by atoms with E-state index < -0.39 is 0 Å². The minimum absolute atomic E-state index is 0.0609. The minimum atomic E-state index is -0.144. The lowest BCUT2D eigenvalue weighted by Crippen LogP contribution is -2.17. The number of methoxy groups -OCH3 is 1. The van der Waals surface area contributed by atoms with Crippen LogP contribution in [0.15, 0.2) is 10.7 Å². The Balaban J connectivity index is 2.15. The number of aryl methyl sites for hydroxylation is 1. The van der Waals surface area contributed by atoms with Crippen molar-refractivity contribution in [1.82, 2.24) is 5.16 Å². The smallest absolute Gasteiger partial charge is 0.309 e. The van der Waals surface area contributed by atoms with Crippen molar-refractivity contribution in [2.24, 2.45) is 5.92 Å². The summed E-state index contributed by atoms with van der Waals surface area (Å²) < 4.78 is 9.84. The zero-order valence-electron chi connectivity index (χ0n) is 8.16. The van der Waals surface area contributed by atoms with Gasteiger partial charge in [-0.15, -0.1) is 0 Å². The Morgan fingerprint density at radius 1 is 1.71 bits per heavy atom. The Hall–Kier alpha value is -1.32. The summed E-state index contributed by atoms with van der Waals surface area (Å²) in [6.07, 6.45) is 5.19. The van der Waals surface area contributed by atoms with Crippen LogP contribution in [0.3, 0.4) is 0 Å². The van der Waals surface area contributed by atoms with Crippen molar-refractivity contribution in [3.05, 3.63) is 17.5 Å². The summed E-state index contributed by atoms with van der Waals surface area (Å²) in [7, 11) is 1.43. The van der Waals surface area contributed by atoms with E-state index in [0.717, 1.165) is 30.6 Å². The van der Waals surface area contributed by atoms with E-state index in [1.165, 1.54) is 7.11 Å². The second-order valence-electron chi connectivity index (χ2n) is 3.59. The highest BCUT2D eigenvalue weighted by atomic mass is 16.5. The van der Waals surface area contributed by atoms with E-state index >= 15 is 0 Å². The molecule has 14 heavy (non-hydrogen) atoms. The maximum atomic E-state index is 11.4. The van der Waals surface area contributed by atoms with E-state index in [2.05, 4.69) is 5.16 Å². The lowest BCUT2D eigenvalue weighted by atomic mass is 10.0. The molecule has 1 aromatic rings. The second-order valence-corrected chi connectivity index (χ2v) is 3.59. The number of rotatable bonds is 1. The average molecular weight is 195 g/mol. The van der Waals surface area contributed by atoms with Crippen LogP contribution in [0.25, 0.3) is 0 Å². The Labute approximate surface area is 82.2 Å². The fraction of sp³-hybridized carbons (Fsp3) is 0.600. The van der Waals surface area contributed by atoms with Gasteiger partial charge in [0.2, 0.25) is 0 Å². The van der Waals surface area contributed by atoms with Crippen LogP contribution in [0.4, 0.5) is 0 Å². The Morgan fingerprint density at radius 3 is 3.36 bits per heavy atom. The summed E-state index contributed by atoms with van der Waals surface area (Å²) in [6, 6.07) is 0. The molecule has 1 aromatic heterocycles. The first-order valence-corrected chi connectivity index (χ1v) is 4.81. The van der Waals surface area contributed by atoms with Crippen molar-refractivity contribution in [1.29, 1.82) is 0 Å². The number of fused-ring (bicyclic) bond motifs is 1. The molecule has 0 unspecified atom stereocenters. The molecule has 4 heteroatoms. The topological polar surface area (TPSA) is 52.3 Å². The highest BCUT2D eigenvalue weighted by molar-refractivity contribution is 5.72. The molecule has 0 aromatic carbocycles. The van der Waals surface area contributed by atoms with Gasteiger partial charge in [-0.05, 0) is 19.3 Å². The maximum Gasteiger partial charge on any atom is 0.309 e. The van der Waals surface area contributed by atoms with Gasteiger partial charge in [-0.1, -0.05) is 5.16 Å². The summed E-state index contributed by atoms with van der Waals surface area (Å²) in [5.74, 6) is 0.640.